The van der Waals surface area contributed by atoms with Crippen molar-refractivity contribution in [2.75, 3.05) is 0 Å². The lowest BCUT2D eigenvalue weighted by Crippen LogP contribution is -2.27. The Morgan fingerprint density at radius 1 is 1.19 bits per heavy atom. The largest absolute Gasteiger partial charge is 0.434 e. The molecule has 0 aliphatic rings. The van der Waals surface area contributed by atoms with E-state index in [0.29, 0.717) is 5.56 Å². The van der Waals surface area contributed by atoms with E-state index < -0.39 is 6.61 Å². The van der Waals surface area contributed by atoms with Crippen LogP contribution >= 0.6 is 0 Å². The Hall–Kier alpha value is -1.16. The van der Waals surface area contributed by atoms with E-state index in [1.54, 1.807) is 18.2 Å². The molecule has 0 heterocycles. The minimum atomic E-state index is -2.83. The number of alkyl halides is 2. The van der Waals surface area contributed by atoms with Crippen LogP contribution in [-0.4, -0.2) is 6.61 Å². The average Bonchev–Trinajstić information content (AvgIpc) is 2.15. The Morgan fingerprint density at radius 3 is 2.25 bits per heavy atom. The normalized spacial score (nSPS) is 13.9. The molecule has 0 unspecified atom stereocenters. The number of halogens is 2. The van der Waals surface area contributed by atoms with E-state index in [4.69, 9.17) is 5.73 Å². The van der Waals surface area contributed by atoms with E-state index in [1.165, 1.54) is 6.07 Å². The summed E-state index contributed by atoms with van der Waals surface area (Å²) in [6.07, 6.45) is 0. The molecule has 2 N–H and O–H groups in total. The molecular weight excluding hydrogens is 212 g/mol. The first-order valence-electron chi connectivity index (χ1n) is 5.11. The number of hydrogen-bond acceptors (Lipinski definition) is 2. The maximum Gasteiger partial charge on any atom is 0.387 e. The van der Waals surface area contributed by atoms with Gasteiger partial charge in [-0.2, -0.15) is 8.78 Å². The van der Waals surface area contributed by atoms with E-state index in [-0.39, 0.29) is 17.2 Å². The van der Waals surface area contributed by atoms with Crippen molar-refractivity contribution in [3.63, 3.8) is 0 Å². The molecule has 1 rings (SSSR count). The Kier molecular flexibility index (Phi) is 3.86. The van der Waals surface area contributed by atoms with Crippen LogP contribution in [0.4, 0.5) is 8.78 Å². The zero-order valence-electron chi connectivity index (χ0n) is 9.71. The lowest BCUT2D eigenvalue weighted by Gasteiger charge is -2.28. The number of hydrogen-bond donors (Lipinski definition) is 1. The third kappa shape index (κ3) is 3.17. The second-order valence-corrected chi connectivity index (χ2v) is 4.76. The van der Waals surface area contributed by atoms with Gasteiger partial charge in [0.2, 0.25) is 0 Å². The van der Waals surface area contributed by atoms with Crippen LogP contribution < -0.4 is 10.5 Å². The summed E-state index contributed by atoms with van der Waals surface area (Å²) in [5.41, 5.74) is 6.42. The summed E-state index contributed by atoms with van der Waals surface area (Å²) in [7, 11) is 0. The number of rotatable bonds is 3. The highest BCUT2D eigenvalue weighted by Crippen LogP contribution is 2.35. The van der Waals surface area contributed by atoms with E-state index in [9.17, 15) is 8.78 Å². The molecule has 0 saturated heterocycles. The van der Waals surface area contributed by atoms with Crippen molar-refractivity contribution in [2.24, 2.45) is 11.1 Å². The van der Waals surface area contributed by atoms with E-state index >= 15 is 0 Å². The van der Waals surface area contributed by atoms with Crippen molar-refractivity contribution in [1.82, 2.24) is 0 Å². The Bertz CT molecular complexity index is 347. The summed E-state index contributed by atoms with van der Waals surface area (Å²) in [6, 6.07) is 6.29. The number of ether oxygens (including phenoxy) is 1. The van der Waals surface area contributed by atoms with E-state index in [1.807, 2.05) is 20.8 Å². The summed E-state index contributed by atoms with van der Waals surface area (Å²) < 4.78 is 28.8. The zero-order valence-corrected chi connectivity index (χ0v) is 9.71. The molecular formula is C12H17F2NO. The van der Waals surface area contributed by atoms with Gasteiger partial charge in [0.1, 0.15) is 5.75 Å². The number of benzene rings is 1. The molecule has 16 heavy (non-hydrogen) atoms. The third-order valence-electron chi connectivity index (χ3n) is 2.40. The van der Waals surface area contributed by atoms with Crippen molar-refractivity contribution in [3.05, 3.63) is 29.8 Å². The minimum Gasteiger partial charge on any atom is -0.434 e. The van der Waals surface area contributed by atoms with Gasteiger partial charge in [0, 0.05) is 11.6 Å². The van der Waals surface area contributed by atoms with Crippen LogP contribution in [0, 0.1) is 5.41 Å². The zero-order chi connectivity index (χ0) is 12.3. The second kappa shape index (κ2) is 4.78. The highest BCUT2D eigenvalue weighted by atomic mass is 19.3. The highest BCUT2D eigenvalue weighted by Gasteiger charge is 2.25. The predicted octanol–water partition coefficient (Wildman–Crippen LogP) is 3.33. The molecule has 0 saturated carbocycles. The van der Waals surface area contributed by atoms with Crippen LogP contribution in [0.2, 0.25) is 0 Å². The van der Waals surface area contributed by atoms with E-state index in [2.05, 4.69) is 4.74 Å². The molecule has 90 valence electrons. The molecule has 1 aromatic rings. The molecule has 0 fully saturated rings. The van der Waals surface area contributed by atoms with Crippen LogP contribution in [-0.2, 0) is 0 Å². The van der Waals surface area contributed by atoms with Gasteiger partial charge in [0.25, 0.3) is 0 Å². The maximum absolute atomic E-state index is 12.2. The summed E-state index contributed by atoms with van der Waals surface area (Å²) in [6.45, 7) is 3.04. The van der Waals surface area contributed by atoms with Crippen molar-refractivity contribution in [2.45, 2.75) is 33.4 Å². The van der Waals surface area contributed by atoms with E-state index in [0.717, 1.165) is 0 Å². The van der Waals surface area contributed by atoms with Crippen molar-refractivity contribution in [1.29, 1.82) is 0 Å². The molecule has 1 atom stereocenters. The van der Waals surface area contributed by atoms with Gasteiger partial charge in [-0.05, 0) is 11.5 Å². The first kappa shape index (κ1) is 12.9. The summed E-state index contributed by atoms with van der Waals surface area (Å²) in [4.78, 5) is 0. The molecule has 0 aliphatic carbocycles. The number of para-hydroxylation sites is 1. The average molecular weight is 229 g/mol. The smallest absolute Gasteiger partial charge is 0.387 e. The van der Waals surface area contributed by atoms with Crippen molar-refractivity contribution >= 4 is 0 Å². The number of nitrogens with two attached hydrogens (primary N) is 1. The monoisotopic (exact) mass is 229 g/mol. The highest BCUT2D eigenvalue weighted by molar-refractivity contribution is 5.36. The van der Waals surface area contributed by atoms with Crippen LogP contribution in [0.15, 0.2) is 24.3 Å². The Labute approximate surface area is 94.4 Å². The SMILES string of the molecule is CC(C)(C)[C@@H](N)c1ccccc1OC(F)F. The van der Waals surface area contributed by atoms with Gasteiger partial charge in [-0.15, -0.1) is 0 Å². The fraction of sp³-hybridized carbons (Fsp3) is 0.500. The lowest BCUT2D eigenvalue weighted by atomic mass is 9.83. The topological polar surface area (TPSA) is 35.2 Å². The molecule has 1 aromatic carbocycles. The first-order valence-corrected chi connectivity index (χ1v) is 5.11. The summed E-state index contributed by atoms with van der Waals surface area (Å²) in [5, 5.41) is 0. The standard InChI is InChI=1S/C12H17F2NO/c1-12(2,3)10(15)8-6-4-5-7-9(8)16-11(13)14/h4-7,10-11H,15H2,1-3H3/t10-/m0/s1. The maximum atomic E-state index is 12.2. The van der Waals surface area contributed by atoms with Gasteiger partial charge in [0.15, 0.2) is 0 Å². The van der Waals surface area contributed by atoms with Gasteiger partial charge < -0.3 is 10.5 Å². The summed E-state index contributed by atoms with van der Waals surface area (Å²) in [5.74, 6) is 0.153. The molecule has 0 aromatic heterocycles. The quantitative estimate of drug-likeness (QED) is 0.862. The Morgan fingerprint density at radius 2 is 1.75 bits per heavy atom. The van der Waals surface area contributed by atoms with Gasteiger partial charge in [-0.1, -0.05) is 39.0 Å². The van der Waals surface area contributed by atoms with Crippen molar-refractivity contribution < 1.29 is 13.5 Å². The molecule has 0 bridgehead atoms. The minimum absolute atomic E-state index is 0.153. The fourth-order valence-electron chi connectivity index (χ4n) is 1.41. The van der Waals surface area contributed by atoms with Crippen LogP contribution in [0.25, 0.3) is 0 Å². The molecule has 0 aliphatic heterocycles. The van der Waals surface area contributed by atoms with Crippen LogP contribution in [0.1, 0.15) is 32.4 Å². The molecule has 2 nitrogen and oxygen atoms in total. The third-order valence-corrected chi connectivity index (χ3v) is 2.40. The second-order valence-electron chi connectivity index (χ2n) is 4.76. The van der Waals surface area contributed by atoms with Crippen LogP contribution in [0.3, 0.4) is 0 Å². The van der Waals surface area contributed by atoms with Gasteiger partial charge >= 0.3 is 6.61 Å². The van der Waals surface area contributed by atoms with Gasteiger partial charge in [0.05, 0.1) is 0 Å². The molecule has 0 spiro atoms. The van der Waals surface area contributed by atoms with Crippen LogP contribution in [0.5, 0.6) is 5.75 Å². The van der Waals surface area contributed by atoms with Gasteiger partial charge in [-0.25, -0.2) is 0 Å². The van der Waals surface area contributed by atoms with Gasteiger partial charge in [-0.3, -0.25) is 0 Å². The lowest BCUT2D eigenvalue weighted by molar-refractivity contribution is -0.0509. The Balaban J connectivity index is 3.03. The fourth-order valence-corrected chi connectivity index (χ4v) is 1.41. The first-order chi connectivity index (χ1) is 7.32. The summed E-state index contributed by atoms with van der Waals surface area (Å²) >= 11 is 0. The molecule has 0 radical (unpaired) electrons. The molecule has 0 amide bonds. The van der Waals surface area contributed by atoms with Crippen molar-refractivity contribution in [3.8, 4) is 5.75 Å². The molecule has 4 heteroatoms. The predicted molar refractivity (Wildman–Crippen MR) is 59.5 cm³/mol.